The predicted octanol–water partition coefficient (Wildman–Crippen LogP) is 3.01. The average Bonchev–Trinajstić information content (AvgIpc) is 2.18. The molecule has 94 valence electrons. The Kier molecular flexibility index (Phi) is 3.93. The van der Waals surface area contributed by atoms with Gasteiger partial charge in [-0.1, -0.05) is 22.7 Å². The molecule has 1 aromatic carbocycles. The number of phenolic OH excluding ortho intramolecular Hbond substituents is 1. The number of rotatable bonds is 2. The molecular weight excluding hydrogens is 225 g/mol. The van der Waals surface area contributed by atoms with E-state index in [2.05, 4.69) is 0 Å². The third-order valence-corrected chi connectivity index (χ3v) is 1.89. The summed E-state index contributed by atoms with van der Waals surface area (Å²) in [4.78, 5) is 11.3. The molecular formula is C12H16FNO3. The molecule has 0 heterocycles. The summed E-state index contributed by atoms with van der Waals surface area (Å²) in [7, 11) is 0. The van der Waals surface area contributed by atoms with Crippen molar-refractivity contribution >= 4 is 6.09 Å². The van der Waals surface area contributed by atoms with E-state index in [0.717, 1.165) is 0 Å². The summed E-state index contributed by atoms with van der Waals surface area (Å²) >= 11 is 0. The summed E-state index contributed by atoms with van der Waals surface area (Å²) in [6.07, 6.45) is -1.07. The SMILES string of the molecule is CC(C)(C)OC(=O)N(F)Cc1ccccc1O. The molecule has 0 spiro atoms. The number of phenols is 1. The monoisotopic (exact) mass is 241 g/mol. The number of nitrogens with zero attached hydrogens (tertiary/aromatic N) is 1. The van der Waals surface area contributed by atoms with E-state index in [9.17, 15) is 14.4 Å². The zero-order valence-corrected chi connectivity index (χ0v) is 10.1. The Bertz CT molecular complexity index is 401. The molecule has 0 atom stereocenters. The molecule has 1 aromatic rings. The van der Waals surface area contributed by atoms with E-state index >= 15 is 0 Å². The minimum absolute atomic E-state index is 0.0568. The van der Waals surface area contributed by atoms with Crippen molar-refractivity contribution < 1.29 is 19.1 Å². The van der Waals surface area contributed by atoms with Crippen LogP contribution in [-0.4, -0.2) is 21.9 Å². The molecule has 4 nitrogen and oxygen atoms in total. The Morgan fingerprint density at radius 3 is 2.53 bits per heavy atom. The Balaban J connectivity index is 2.64. The number of benzene rings is 1. The van der Waals surface area contributed by atoms with Gasteiger partial charge in [-0.05, 0) is 26.8 Å². The lowest BCUT2D eigenvalue weighted by Gasteiger charge is -2.22. The van der Waals surface area contributed by atoms with E-state index in [1.165, 1.54) is 12.1 Å². The van der Waals surface area contributed by atoms with Crippen LogP contribution >= 0.6 is 0 Å². The van der Waals surface area contributed by atoms with Gasteiger partial charge in [0.05, 0.1) is 6.54 Å². The normalized spacial score (nSPS) is 11.1. The quantitative estimate of drug-likeness (QED) is 0.810. The van der Waals surface area contributed by atoms with Crippen LogP contribution in [0.1, 0.15) is 26.3 Å². The molecule has 0 aliphatic rings. The molecule has 0 aromatic heterocycles. The zero-order valence-electron chi connectivity index (χ0n) is 10.1. The van der Waals surface area contributed by atoms with E-state index in [1.807, 2.05) is 0 Å². The number of para-hydroxylation sites is 1. The second-order valence-electron chi connectivity index (χ2n) is 4.63. The second-order valence-corrected chi connectivity index (χ2v) is 4.63. The van der Waals surface area contributed by atoms with Crippen LogP contribution in [-0.2, 0) is 11.3 Å². The van der Waals surface area contributed by atoms with Crippen LogP contribution in [0, 0.1) is 0 Å². The number of aromatic hydroxyl groups is 1. The molecule has 5 heteroatoms. The molecule has 0 fully saturated rings. The number of amides is 1. The minimum Gasteiger partial charge on any atom is -0.508 e. The number of ether oxygens (including phenoxy) is 1. The third-order valence-electron chi connectivity index (χ3n) is 1.89. The highest BCUT2D eigenvalue weighted by Crippen LogP contribution is 2.19. The van der Waals surface area contributed by atoms with Gasteiger partial charge in [0, 0.05) is 5.56 Å². The Morgan fingerprint density at radius 1 is 1.41 bits per heavy atom. The summed E-state index contributed by atoms with van der Waals surface area (Å²) in [5.74, 6) is -0.0568. The Labute approximate surface area is 99.6 Å². The number of carbonyl (C=O) groups is 1. The summed E-state index contributed by atoms with van der Waals surface area (Å²) in [5, 5.41) is 9.36. The summed E-state index contributed by atoms with van der Waals surface area (Å²) in [6, 6.07) is 6.23. The smallest absolute Gasteiger partial charge is 0.438 e. The first-order valence-electron chi connectivity index (χ1n) is 5.23. The first-order valence-corrected chi connectivity index (χ1v) is 5.23. The van der Waals surface area contributed by atoms with Crippen LogP contribution in [0.15, 0.2) is 24.3 Å². The van der Waals surface area contributed by atoms with Crippen molar-refractivity contribution in [1.29, 1.82) is 0 Å². The van der Waals surface area contributed by atoms with Crippen molar-refractivity contribution in [2.75, 3.05) is 0 Å². The lowest BCUT2D eigenvalue weighted by Crippen LogP contribution is -2.31. The van der Waals surface area contributed by atoms with Gasteiger partial charge in [-0.3, -0.25) is 0 Å². The van der Waals surface area contributed by atoms with Crippen molar-refractivity contribution in [2.45, 2.75) is 32.9 Å². The van der Waals surface area contributed by atoms with Crippen LogP contribution in [0.3, 0.4) is 0 Å². The first-order chi connectivity index (χ1) is 7.79. The lowest BCUT2D eigenvalue weighted by atomic mass is 10.2. The summed E-state index contributed by atoms with van der Waals surface area (Å²) in [6.45, 7) is 4.61. The standard InChI is InChI=1S/C12H16FNO3/c1-12(2,3)17-11(16)14(13)8-9-6-4-5-7-10(9)15/h4-7,15H,8H2,1-3H3. The molecule has 1 rings (SSSR count). The maximum Gasteiger partial charge on any atom is 0.438 e. The molecule has 0 saturated carbocycles. The van der Waals surface area contributed by atoms with Gasteiger partial charge in [0.15, 0.2) is 0 Å². The molecule has 0 bridgehead atoms. The van der Waals surface area contributed by atoms with Crippen molar-refractivity contribution in [1.82, 2.24) is 5.12 Å². The van der Waals surface area contributed by atoms with Gasteiger partial charge in [0.25, 0.3) is 0 Å². The van der Waals surface area contributed by atoms with Crippen LogP contribution in [0.4, 0.5) is 9.28 Å². The van der Waals surface area contributed by atoms with Gasteiger partial charge in [-0.25, -0.2) is 4.79 Å². The fourth-order valence-corrected chi connectivity index (χ4v) is 1.17. The highest BCUT2D eigenvalue weighted by atomic mass is 19.2. The minimum atomic E-state index is -1.07. The largest absolute Gasteiger partial charge is 0.508 e. The van der Waals surface area contributed by atoms with Crippen molar-refractivity contribution in [3.05, 3.63) is 29.8 Å². The van der Waals surface area contributed by atoms with Gasteiger partial charge in [0.2, 0.25) is 0 Å². The van der Waals surface area contributed by atoms with Crippen LogP contribution in [0.5, 0.6) is 5.75 Å². The molecule has 0 aliphatic carbocycles. The van der Waals surface area contributed by atoms with Gasteiger partial charge >= 0.3 is 6.09 Å². The molecule has 0 saturated heterocycles. The molecule has 0 unspecified atom stereocenters. The van der Waals surface area contributed by atoms with Crippen molar-refractivity contribution in [2.24, 2.45) is 0 Å². The molecule has 1 amide bonds. The van der Waals surface area contributed by atoms with E-state index < -0.39 is 11.7 Å². The van der Waals surface area contributed by atoms with E-state index in [1.54, 1.807) is 32.9 Å². The highest BCUT2D eigenvalue weighted by Gasteiger charge is 2.22. The molecule has 17 heavy (non-hydrogen) atoms. The maximum atomic E-state index is 13.4. The number of hydrogen-bond donors (Lipinski definition) is 1. The Hall–Kier alpha value is -1.78. The Morgan fingerprint density at radius 2 is 2.00 bits per heavy atom. The molecule has 0 radical (unpaired) electrons. The fourth-order valence-electron chi connectivity index (χ4n) is 1.17. The van der Waals surface area contributed by atoms with Gasteiger partial charge < -0.3 is 9.84 Å². The number of carbonyl (C=O) groups excluding carboxylic acids is 1. The molecule has 0 aliphatic heterocycles. The van der Waals surface area contributed by atoms with E-state index in [4.69, 9.17) is 4.74 Å². The molecule has 1 N–H and O–H groups in total. The van der Waals surface area contributed by atoms with Gasteiger partial charge in [0.1, 0.15) is 11.4 Å². The second kappa shape index (κ2) is 5.03. The van der Waals surface area contributed by atoms with Crippen molar-refractivity contribution in [3.8, 4) is 5.75 Å². The number of hydrogen-bond acceptors (Lipinski definition) is 3. The van der Waals surface area contributed by atoms with Crippen molar-refractivity contribution in [3.63, 3.8) is 0 Å². The van der Waals surface area contributed by atoms with Crippen LogP contribution in [0.2, 0.25) is 0 Å². The van der Waals surface area contributed by atoms with Gasteiger partial charge in [-0.15, -0.1) is 5.12 Å². The zero-order chi connectivity index (χ0) is 13.1. The van der Waals surface area contributed by atoms with Crippen LogP contribution in [0.25, 0.3) is 0 Å². The highest BCUT2D eigenvalue weighted by molar-refractivity contribution is 5.66. The van der Waals surface area contributed by atoms with E-state index in [0.29, 0.717) is 5.56 Å². The van der Waals surface area contributed by atoms with Gasteiger partial charge in [-0.2, -0.15) is 0 Å². The average molecular weight is 241 g/mol. The van der Waals surface area contributed by atoms with Crippen LogP contribution < -0.4 is 0 Å². The fraction of sp³-hybridized carbons (Fsp3) is 0.417. The summed E-state index contributed by atoms with van der Waals surface area (Å²) < 4.78 is 18.3. The topological polar surface area (TPSA) is 49.8 Å². The third kappa shape index (κ3) is 4.30. The summed E-state index contributed by atoms with van der Waals surface area (Å²) in [5.41, 5.74) is -0.430. The predicted molar refractivity (Wildman–Crippen MR) is 61.0 cm³/mol. The maximum absolute atomic E-state index is 13.4. The van der Waals surface area contributed by atoms with E-state index in [-0.39, 0.29) is 17.4 Å². The lowest BCUT2D eigenvalue weighted by molar-refractivity contribution is -0.0352. The first kappa shape index (κ1) is 13.3. The number of halogens is 1.